The van der Waals surface area contributed by atoms with Gasteiger partial charge in [0.25, 0.3) is 0 Å². The first-order valence-corrected chi connectivity index (χ1v) is 5.93. The van der Waals surface area contributed by atoms with Gasteiger partial charge < -0.3 is 4.74 Å². The molecule has 4 aliphatic carbocycles. The van der Waals surface area contributed by atoms with Gasteiger partial charge in [0, 0.05) is 11.8 Å². The quantitative estimate of drug-likeness (QED) is 0.646. The maximum absolute atomic E-state index is 5.33. The van der Waals surface area contributed by atoms with Crippen molar-refractivity contribution in [2.24, 2.45) is 11.8 Å². The third-order valence-corrected chi connectivity index (χ3v) is 4.37. The van der Waals surface area contributed by atoms with Crippen LogP contribution in [0.2, 0.25) is 0 Å². The molecular formula is C15H14O. The molecule has 0 amide bonds. The summed E-state index contributed by atoms with van der Waals surface area (Å²) in [6, 6.07) is 6.56. The Balaban J connectivity index is 1.91. The normalized spacial score (nSPS) is 36.6. The molecule has 0 radical (unpaired) electrons. The Kier molecular flexibility index (Phi) is 1.50. The van der Waals surface area contributed by atoms with E-state index in [1.165, 1.54) is 11.1 Å². The zero-order chi connectivity index (χ0) is 10.7. The SMILES string of the molecule is COc1ccc2c(c1)C1C=CC2C2C=CC12. The van der Waals surface area contributed by atoms with Crippen LogP contribution in [0.15, 0.2) is 42.5 Å². The summed E-state index contributed by atoms with van der Waals surface area (Å²) in [5.74, 6) is 3.69. The van der Waals surface area contributed by atoms with Crippen LogP contribution in [0, 0.1) is 11.8 Å². The predicted molar refractivity (Wildman–Crippen MR) is 63.7 cm³/mol. The number of rotatable bonds is 1. The van der Waals surface area contributed by atoms with E-state index < -0.39 is 0 Å². The smallest absolute Gasteiger partial charge is 0.119 e. The van der Waals surface area contributed by atoms with Crippen LogP contribution < -0.4 is 4.74 Å². The molecule has 0 aliphatic heterocycles. The van der Waals surface area contributed by atoms with Gasteiger partial charge in [-0.15, -0.1) is 0 Å². The molecule has 0 aromatic heterocycles. The molecule has 0 saturated heterocycles. The first-order valence-electron chi connectivity index (χ1n) is 5.93. The second kappa shape index (κ2) is 2.79. The van der Waals surface area contributed by atoms with Crippen molar-refractivity contribution in [1.29, 1.82) is 0 Å². The summed E-state index contributed by atoms with van der Waals surface area (Å²) in [4.78, 5) is 0. The van der Waals surface area contributed by atoms with Crippen molar-refractivity contribution in [3.63, 3.8) is 0 Å². The van der Waals surface area contributed by atoms with Crippen molar-refractivity contribution in [2.75, 3.05) is 7.11 Å². The number of hydrogen-bond donors (Lipinski definition) is 0. The van der Waals surface area contributed by atoms with E-state index in [0.29, 0.717) is 11.8 Å². The first-order chi connectivity index (χ1) is 7.88. The van der Waals surface area contributed by atoms with Crippen molar-refractivity contribution in [2.45, 2.75) is 11.8 Å². The number of allylic oxidation sites excluding steroid dienone is 4. The number of benzene rings is 1. The number of hydrogen-bond acceptors (Lipinski definition) is 1. The van der Waals surface area contributed by atoms with Crippen LogP contribution in [-0.4, -0.2) is 7.11 Å². The molecule has 5 rings (SSSR count). The van der Waals surface area contributed by atoms with Crippen molar-refractivity contribution in [3.05, 3.63) is 53.6 Å². The van der Waals surface area contributed by atoms with Gasteiger partial charge in [-0.1, -0.05) is 30.4 Å². The molecular weight excluding hydrogens is 196 g/mol. The lowest BCUT2D eigenvalue weighted by Gasteiger charge is -2.48. The highest BCUT2D eigenvalue weighted by Gasteiger charge is 2.45. The Labute approximate surface area is 95.4 Å². The second-order valence-electron chi connectivity index (χ2n) is 4.97. The fourth-order valence-corrected chi connectivity index (χ4v) is 3.48. The van der Waals surface area contributed by atoms with Crippen molar-refractivity contribution in [3.8, 4) is 5.75 Å². The van der Waals surface area contributed by atoms with Crippen molar-refractivity contribution in [1.82, 2.24) is 0 Å². The molecule has 80 valence electrons. The topological polar surface area (TPSA) is 9.23 Å². The largest absolute Gasteiger partial charge is 0.497 e. The minimum absolute atomic E-state index is 0.588. The van der Waals surface area contributed by atoms with Crippen molar-refractivity contribution >= 4 is 0 Å². The van der Waals surface area contributed by atoms with Gasteiger partial charge >= 0.3 is 0 Å². The average molecular weight is 210 g/mol. The van der Waals surface area contributed by atoms with E-state index in [2.05, 4.69) is 42.5 Å². The molecule has 0 spiro atoms. The lowest BCUT2D eigenvalue weighted by Crippen LogP contribution is -2.37. The molecule has 0 heterocycles. The minimum atomic E-state index is 0.588. The molecule has 1 heteroatoms. The summed E-state index contributed by atoms with van der Waals surface area (Å²) in [6.45, 7) is 0. The number of methoxy groups -OCH3 is 1. The predicted octanol–water partition coefficient (Wildman–Crippen LogP) is 3.25. The Hall–Kier alpha value is -1.50. The Bertz CT molecular complexity index is 512. The third kappa shape index (κ3) is 0.874. The van der Waals surface area contributed by atoms with E-state index >= 15 is 0 Å². The maximum Gasteiger partial charge on any atom is 0.119 e. The summed E-state index contributed by atoms with van der Waals surface area (Å²) in [6.07, 6.45) is 9.52. The maximum atomic E-state index is 5.33. The van der Waals surface area contributed by atoms with E-state index in [1.54, 1.807) is 7.11 Å². The lowest BCUT2D eigenvalue weighted by molar-refractivity contribution is 0.315. The van der Waals surface area contributed by atoms with Gasteiger partial charge in [0.1, 0.15) is 5.75 Å². The second-order valence-corrected chi connectivity index (χ2v) is 4.97. The molecule has 4 atom stereocenters. The van der Waals surface area contributed by atoms with Crippen LogP contribution in [0.3, 0.4) is 0 Å². The van der Waals surface area contributed by atoms with Gasteiger partial charge in [0.15, 0.2) is 0 Å². The molecule has 1 nitrogen and oxygen atoms in total. The summed E-state index contributed by atoms with van der Waals surface area (Å²) in [7, 11) is 1.74. The van der Waals surface area contributed by atoms with E-state index in [9.17, 15) is 0 Å². The lowest BCUT2D eigenvalue weighted by atomic mass is 9.55. The van der Waals surface area contributed by atoms with Gasteiger partial charge in [-0.3, -0.25) is 0 Å². The molecule has 4 unspecified atom stereocenters. The highest BCUT2D eigenvalue weighted by Crippen LogP contribution is 2.56. The summed E-state index contributed by atoms with van der Waals surface area (Å²) < 4.78 is 5.33. The monoisotopic (exact) mass is 210 g/mol. The fraction of sp³-hybridized carbons (Fsp3) is 0.333. The van der Waals surface area contributed by atoms with Gasteiger partial charge in [-0.05, 0) is 35.1 Å². The van der Waals surface area contributed by atoms with E-state index in [1.807, 2.05) is 0 Å². The fourth-order valence-electron chi connectivity index (χ4n) is 3.48. The van der Waals surface area contributed by atoms with Gasteiger partial charge in [0.05, 0.1) is 7.11 Å². The summed E-state index contributed by atoms with van der Waals surface area (Å²) >= 11 is 0. The van der Waals surface area contributed by atoms with Crippen LogP contribution in [0.1, 0.15) is 23.0 Å². The molecule has 4 aliphatic rings. The molecule has 1 aromatic carbocycles. The molecule has 1 aromatic rings. The van der Waals surface area contributed by atoms with Crippen LogP contribution in [-0.2, 0) is 0 Å². The standard InChI is InChI=1S/C15H14O/c1-16-9-2-3-13-11-6-7-14(15(13)8-9)12-5-4-10(11)12/h2-8,10-12,14H,1H3. The third-order valence-electron chi connectivity index (χ3n) is 4.37. The zero-order valence-corrected chi connectivity index (χ0v) is 9.26. The van der Waals surface area contributed by atoms with Crippen LogP contribution >= 0.6 is 0 Å². The summed E-state index contributed by atoms with van der Waals surface area (Å²) in [5, 5.41) is 0. The Morgan fingerprint density at radius 1 is 0.875 bits per heavy atom. The van der Waals surface area contributed by atoms with Crippen molar-refractivity contribution < 1.29 is 4.74 Å². The van der Waals surface area contributed by atoms with Gasteiger partial charge in [-0.25, -0.2) is 0 Å². The van der Waals surface area contributed by atoms with Crippen LogP contribution in [0.25, 0.3) is 0 Å². The summed E-state index contributed by atoms with van der Waals surface area (Å²) in [5.41, 5.74) is 3.00. The van der Waals surface area contributed by atoms with Gasteiger partial charge in [0.2, 0.25) is 0 Å². The first kappa shape index (κ1) is 8.63. The van der Waals surface area contributed by atoms with E-state index in [0.717, 1.165) is 17.6 Å². The zero-order valence-electron chi connectivity index (χ0n) is 9.26. The average Bonchev–Trinajstić information content (AvgIpc) is 2.29. The molecule has 2 bridgehead atoms. The minimum Gasteiger partial charge on any atom is -0.497 e. The van der Waals surface area contributed by atoms with Crippen LogP contribution in [0.4, 0.5) is 0 Å². The molecule has 0 saturated carbocycles. The van der Waals surface area contributed by atoms with E-state index in [4.69, 9.17) is 4.74 Å². The number of ether oxygens (including phenoxy) is 1. The molecule has 0 N–H and O–H groups in total. The Morgan fingerprint density at radius 2 is 1.56 bits per heavy atom. The highest BCUT2D eigenvalue weighted by molar-refractivity contribution is 5.52. The van der Waals surface area contributed by atoms with E-state index in [-0.39, 0.29) is 0 Å². The van der Waals surface area contributed by atoms with Gasteiger partial charge in [-0.2, -0.15) is 0 Å². The highest BCUT2D eigenvalue weighted by atomic mass is 16.5. The molecule has 16 heavy (non-hydrogen) atoms. The molecule has 0 fully saturated rings. The van der Waals surface area contributed by atoms with Crippen LogP contribution in [0.5, 0.6) is 5.75 Å². The Morgan fingerprint density at radius 3 is 2.19 bits per heavy atom.